The molecule has 0 aromatic heterocycles. The van der Waals surface area contributed by atoms with Crippen molar-refractivity contribution in [2.75, 3.05) is 0 Å². The highest BCUT2D eigenvalue weighted by atomic mass is 19.4. The molecule has 0 unspecified atom stereocenters. The molecule has 0 aliphatic heterocycles. The highest BCUT2D eigenvalue weighted by Gasteiger charge is 2.38. The van der Waals surface area contributed by atoms with Gasteiger partial charge in [0.25, 0.3) is 0 Å². The molecular weight excluding hydrogens is 236 g/mol. The van der Waals surface area contributed by atoms with Crippen LogP contribution in [-0.2, 0) is 6.18 Å². The molecule has 0 amide bonds. The van der Waals surface area contributed by atoms with Gasteiger partial charge in [-0.25, -0.2) is 0 Å². The Kier molecular flexibility index (Phi) is 3.18. The van der Waals surface area contributed by atoms with Gasteiger partial charge in [0, 0.05) is 0 Å². The summed E-state index contributed by atoms with van der Waals surface area (Å²) in [5, 5.41) is 0. The van der Waals surface area contributed by atoms with E-state index in [1.165, 1.54) is 0 Å². The minimum Gasteiger partial charge on any atom is -0.316 e. The van der Waals surface area contributed by atoms with Gasteiger partial charge in [0.05, 0.1) is 5.56 Å². The molecule has 0 bridgehead atoms. The number of hydrogen-bond acceptors (Lipinski definition) is 1. The van der Waals surface area contributed by atoms with Crippen molar-refractivity contribution >= 4 is 0 Å². The third-order valence-electron chi connectivity index (χ3n) is 1.95. The van der Waals surface area contributed by atoms with Crippen molar-refractivity contribution in [2.24, 2.45) is 5.73 Å². The summed E-state index contributed by atoms with van der Waals surface area (Å²) in [6, 6.07) is 0.318. The smallest absolute Gasteiger partial charge is 0.316 e. The first-order valence-corrected chi connectivity index (χ1v) is 4.12. The lowest BCUT2D eigenvalue weighted by Gasteiger charge is -2.16. The molecule has 0 saturated heterocycles. The summed E-state index contributed by atoms with van der Waals surface area (Å²) in [6.45, 7) is 0. The Balaban J connectivity index is 2.96. The molecule has 0 heterocycles. The molecule has 1 aromatic rings. The first kappa shape index (κ1) is 12.8. The van der Waals surface area contributed by atoms with Gasteiger partial charge >= 0.3 is 12.4 Å². The van der Waals surface area contributed by atoms with Crippen LogP contribution in [0.1, 0.15) is 17.2 Å². The summed E-state index contributed by atoms with van der Waals surface area (Å²) in [6.07, 6.45) is -9.24. The van der Waals surface area contributed by atoms with E-state index >= 15 is 0 Å². The topological polar surface area (TPSA) is 26.0 Å². The Morgan fingerprint density at radius 1 is 0.875 bits per heavy atom. The first-order valence-electron chi connectivity index (χ1n) is 4.12. The van der Waals surface area contributed by atoms with Crippen molar-refractivity contribution in [2.45, 2.75) is 18.4 Å². The van der Waals surface area contributed by atoms with Crippen molar-refractivity contribution in [3.63, 3.8) is 0 Å². The van der Waals surface area contributed by atoms with Crippen molar-refractivity contribution in [3.8, 4) is 0 Å². The Labute approximate surface area is 86.9 Å². The van der Waals surface area contributed by atoms with E-state index in [-0.39, 0.29) is 0 Å². The molecule has 0 saturated carbocycles. The standard InChI is InChI=1S/C9H7F6N/c10-8(11,12)6-3-1-5(2-4-6)7(16)9(13,14)15/h1-4,7H,16H2/t7-/m0/s1. The Hall–Kier alpha value is -1.24. The lowest BCUT2D eigenvalue weighted by Crippen LogP contribution is -2.28. The lowest BCUT2D eigenvalue weighted by atomic mass is 10.1. The molecule has 2 N–H and O–H groups in total. The SMILES string of the molecule is N[C@@H](c1ccc(C(F)(F)F)cc1)C(F)(F)F. The second-order valence-corrected chi connectivity index (χ2v) is 3.14. The maximum absolute atomic E-state index is 12.1. The van der Waals surface area contributed by atoms with Gasteiger partial charge in [-0.15, -0.1) is 0 Å². The van der Waals surface area contributed by atoms with Crippen LogP contribution in [0, 0.1) is 0 Å². The van der Waals surface area contributed by atoms with Crippen LogP contribution in [0.15, 0.2) is 24.3 Å². The second kappa shape index (κ2) is 3.97. The van der Waals surface area contributed by atoms with E-state index < -0.39 is 29.5 Å². The Morgan fingerprint density at radius 2 is 1.31 bits per heavy atom. The zero-order valence-electron chi connectivity index (χ0n) is 7.73. The predicted molar refractivity (Wildman–Crippen MR) is 44.4 cm³/mol. The van der Waals surface area contributed by atoms with Gasteiger partial charge in [0.15, 0.2) is 0 Å². The van der Waals surface area contributed by atoms with E-state index in [2.05, 4.69) is 0 Å². The average Bonchev–Trinajstić information content (AvgIpc) is 2.14. The number of nitrogens with two attached hydrogens (primary N) is 1. The predicted octanol–water partition coefficient (Wildman–Crippen LogP) is 3.27. The van der Waals surface area contributed by atoms with Crippen molar-refractivity contribution < 1.29 is 26.3 Å². The van der Waals surface area contributed by atoms with Crippen molar-refractivity contribution in [3.05, 3.63) is 35.4 Å². The largest absolute Gasteiger partial charge is 0.416 e. The molecule has 0 aliphatic rings. The van der Waals surface area contributed by atoms with E-state index in [0.29, 0.717) is 12.1 Å². The second-order valence-electron chi connectivity index (χ2n) is 3.14. The van der Waals surface area contributed by atoms with Gasteiger partial charge in [0.1, 0.15) is 6.04 Å². The van der Waals surface area contributed by atoms with Gasteiger partial charge in [-0.1, -0.05) is 12.1 Å². The summed E-state index contributed by atoms with van der Waals surface area (Å²) in [4.78, 5) is 0. The molecule has 1 atom stereocenters. The van der Waals surface area contributed by atoms with Gasteiger partial charge in [-0.2, -0.15) is 26.3 Å². The van der Waals surface area contributed by atoms with E-state index in [1.807, 2.05) is 0 Å². The summed E-state index contributed by atoms with van der Waals surface area (Å²) in [5.41, 5.74) is 3.41. The summed E-state index contributed by atoms with van der Waals surface area (Å²) < 4.78 is 72.7. The fourth-order valence-corrected chi connectivity index (χ4v) is 1.07. The third kappa shape index (κ3) is 2.88. The maximum Gasteiger partial charge on any atom is 0.416 e. The molecule has 1 aromatic carbocycles. The minimum absolute atomic E-state index is 0.402. The highest BCUT2D eigenvalue weighted by Crippen LogP contribution is 2.33. The van der Waals surface area contributed by atoms with Crippen LogP contribution in [0.2, 0.25) is 0 Å². The number of rotatable bonds is 1. The zero-order chi connectivity index (χ0) is 12.6. The van der Waals surface area contributed by atoms with Crippen LogP contribution in [0.5, 0.6) is 0 Å². The molecule has 16 heavy (non-hydrogen) atoms. The molecule has 0 radical (unpaired) electrons. The summed E-state index contributed by atoms with van der Waals surface area (Å²) in [7, 11) is 0. The van der Waals surface area contributed by atoms with E-state index in [0.717, 1.165) is 12.1 Å². The van der Waals surface area contributed by atoms with E-state index in [9.17, 15) is 26.3 Å². The van der Waals surface area contributed by atoms with Gasteiger partial charge in [-0.05, 0) is 17.7 Å². The van der Waals surface area contributed by atoms with Gasteiger partial charge in [-0.3, -0.25) is 0 Å². The van der Waals surface area contributed by atoms with Crippen molar-refractivity contribution in [1.29, 1.82) is 0 Å². The maximum atomic E-state index is 12.1. The molecule has 0 fully saturated rings. The highest BCUT2D eigenvalue weighted by molar-refractivity contribution is 5.27. The molecule has 0 spiro atoms. The molecule has 7 heteroatoms. The number of halogens is 6. The molecule has 1 rings (SSSR count). The van der Waals surface area contributed by atoms with E-state index in [1.54, 1.807) is 0 Å². The fourth-order valence-electron chi connectivity index (χ4n) is 1.07. The quantitative estimate of drug-likeness (QED) is 0.752. The molecule has 1 nitrogen and oxygen atoms in total. The first-order chi connectivity index (χ1) is 7.12. The number of alkyl halides is 6. The van der Waals surface area contributed by atoms with E-state index in [4.69, 9.17) is 5.73 Å². The van der Waals surface area contributed by atoms with Gasteiger partial charge in [0.2, 0.25) is 0 Å². The Morgan fingerprint density at radius 3 is 1.62 bits per heavy atom. The zero-order valence-corrected chi connectivity index (χ0v) is 7.73. The fraction of sp³-hybridized carbons (Fsp3) is 0.333. The van der Waals surface area contributed by atoms with Crippen LogP contribution < -0.4 is 5.73 Å². The molecule has 90 valence electrons. The van der Waals surface area contributed by atoms with Gasteiger partial charge < -0.3 is 5.73 Å². The van der Waals surface area contributed by atoms with Crippen LogP contribution in [0.4, 0.5) is 26.3 Å². The number of hydrogen-bond donors (Lipinski definition) is 1. The van der Waals surface area contributed by atoms with Crippen LogP contribution >= 0.6 is 0 Å². The van der Waals surface area contributed by atoms with Crippen LogP contribution in [-0.4, -0.2) is 6.18 Å². The summed E-state index contributed by atoms with van der Waals surface area (Å²) >= 11 is 0. The average molecular weight is 243 g/mol. The minimum atomic E-state index is -4.67. The third-order valence-corrected chi connectivity index (χ3v) is 1.95. The van der Waals surface area contributed by atoms with Crippen molar-refractivity contribution in [1.82, 2.24) is 0 Å². The van der Waals surface area contributed by atoms with Crippen LogP contribution in [0.25, 0.3) is 0 Å². The number of benzene rings is 1. The monoisotopic (exact) mass is 243 g/mol. The van der Waals surface area contributed by atoms with Crippen LogP contribution in [0.3, 0.4) is 0 Å². The Bertz CT molecular complexity index is 350. The molecular formula is C9H7F6N. The summed E-state index contributed by atoms with van der Waals surface area (Å²) in [5.74, 6) is 0. The lowest BCUT2D eigenvalue weighted by molar-refractivity contribution is -0.149. The molecule has 0 aliphatic carbocycles. The normalized spacial score (nSPS) is 14.9.